The topological polar surface area (TPSA) is 72.5 Å². The summed E-state index contributed by atoms with van der Waals surface area (Å²) in [4.78, 5) is 11.0. The lowest BCUT2D eigenvalue weighted by Crippen LogP contribution is -2.06. The molecule has 0 aliphatic rings. The lowest BCUT2D eigenvalue weighted by Gasteiger charge is -2.11. The van der Waals surface area contributed by atoms with Crippen molar-refractivity contribution in [2.24, 2.45) is 0 Å². The zero-order valence-electron chi connectivity index (χ0n) is 9.30. The average Bonchev–Trinajstić information content (AvgIpc) is 2.29. The molecule has 6 heteroatoms. The molecule has 0 fully saturated rings. The number of hydrogen-bond donors (Lipinski definition) is 2. The predicted octanol–water partition coefficient (Wildman–Crippen LogP) is 2.80. The van der Waals surface area contributed by atoms with Crippen LogP contribution >= 0.6 is 34.2 Å². The molecule has 3 N–H and O–H groups in total. The van der Waals surface area contributed by atoms with Crippen LogP contribution in [0.1, 0.15) is 22.3 Å². The lowest BCUT2D eigenvalue weighted by atomic mass is 10.0. The summed E-state index contributed by atoms with van der Waals surface area (Å²) in [5.74, 6) is -1.04. The number of nitrogen functional groups attached to an aromatic ring is 1. The minimum Gasteiger partial charge on any atom is -0.478 e. The minimum atomic E-state index is -1.04. The van der Waals surface area contributed by atoms with Gasteiger partial charge < -0.3 is 15.6 Å². The Kier molecular flexibility index (Phi) is 5.48. The number of carboxylic acids is 1. The third-order valence-electron chi connectivity index (χ3n) is 2.36. The second-order valence-corrected chi connectivity index (χ2v) is 4.98. The predicted molar refractivity (Wildman–Crippen MR) is 75.7 cm³/mol. The Balaban J connectivity index is 3.09. The number of hydrogen-bond acceptors (Lipinski definition) is 3. The second-order valence-electron chi connectivity index (χ2n) is 3.53. The summed E-state index contributed by atoms with van der Waals surface area (Å²) in [5, 5.41) is 9.22. The van der Waals surface area contributed by atoms with Crippen LogP contribution in [0.5, 0.6) is 0 Å². The van der Waals surface area contributed by atoms with Crippen LogP contribution in [0.3, 0.4) is 0 Å². The van der Waals surface area contributed by atoms with Gasteiger partial charge in [0.2, 0.25) is 0 Å². The van der Waals surface area contributed by atoms with Gasteiger partial charge in [-0.25, -0.2) is 4.79 Å². The Hall–Kier alpha value is -0.530. The van der Waals surface area contributed by atoms with Gasteiger partial charge in [-0.15, -0.1) is 0 Å². The fourth-order valence-electron chi connectivity index (χ4n) is 1.46. The molecule has 0 heterocycles. The molecule has 0 unspecified atom stereocenters. The standard InChI is InChI=1S/C11H13ClINO3/c1-17-4-2-3-6-5-7(11(15)16)8(12)9(13)10(6)14/h5H,2-4,14H2,1H3,(H,15,16). The lowest BCUT2D eigenvalue weighted by molar-refractivity contribution is 0.0697. The number of carboxylic acid groups (broad SMARTS) is 1. The van der Waals surface area contributed by atoms with E-state index >= 15 is 0 Å². The van der Waals surface area contributed by atoms with Crippen molar-refractivity contribution in [2.75, 3.05) is 19.5 Å². The highest BCUT2D eigenvalue weighted by Gasteiger charge is 2.17. The molecule has 0 spiro atoms. The Morgan fingerprint density at radius 1 is 1.65 bits per heavy atom. The maximum Gasteiger partial charge on any atom is 0.337 e. The van der Waals surface area contributed by atoms with Crippen molar-refractivity contribution in [3.05, 3.63) is 25.8 Å². The van der Waals surface area contributed by atoms with Gasteiger partial charge in [-0.2, -0.15) is 0 Å². The average molecular weight is 370 g/mol. The largest absolute Gasteiger partial charge is 0.478 e. The quantitative estimate of drug-likeness (QED) is 0.475. The molecule has 94 valence electrons. The number of aryl methyl sites for hydroxylation is 1. The first-order valence-corrected chi connectivity index (χ1v) is 6.43. The molecule has 1 aromatic carbocycles. The number of benzene rings is 1. The second kappa shape index (κ2) is 6.42. The van der Waals surface area contributed by atoms with E-state index < -0.39 is 5.97 Å². The molecule has 0 aromatic heterocycles. The van der Waals surface area contributed by atoms with E-state index in [1.54, 1.807) is 7.11 Å². The van der Waals surface area contributed by atoms with Gasteiger partial charge in [0.1, 0.15) is 0 Å². The molecule has 0 atom stereocenters. The third-order valence-corrected chi connectivity index (χ3v) is 4.19. The van der Waals surface area contributed by atoms with E-state index in [0.717, 1.165) is 12.0 Å². The zero-order chi connectivity index (χ0) is 13.0. The highest BCUT2D eigenvalue weighted by atomic mass is 127. The molecule has 0 aliphatic heterocycles. The molecule has 0 aliphatic carbocycles. The molecule has 17 heavy (non-hydrogen) atoms. The highest BCUT2D eigenvalue weighted by molar-refractivity contribution is 14.1. The van der Waals surface area contributed by atoms with E-state index in [9.17, 15) is 4.79 Å². The van der Waals surface area contributed by atoms with Crippen molar-refractivity contribution in [1.82, 2.24) is 0 Å². The fourth-order valence-corrected chi connectivity index (χ4v) is 2.34. The van der Waals surface area contributed by atoms with Crippen molar-refractivity contribution in [3.63, 3.8) is 0 Å². The van der Waals surface area contributed by atoms with Crippen LogP contribution in [0, 0.1) is 3.57 Å². The first kappa shape index (κ1) is 14.5. The van der Waals surface area contributed by atoms with E-state index in [0.29, 0.717) is 22.3 Å². The SMILES string of the molecule is COCCCc1cc(C(=O)O)c(Cl)c(I)c1N. The maximum absolute atomic E-state index is 11.0. The number of halogens is 2. The zero-order valence-corrected chi connectivity index (χ0v) is 12.2. The third kappa shape index (κ3) is 3.46. The summed E-state index contributed by atoms with van der Waals surface area (Å²) in [6.45, 7) is 0.612. The van der Waals surface area contributed by atoms with Crippen molar-refractivity contribution < 1.29 is 14.6 Å². The number of aromatic carboxylic acids is 1. The summed E-state index contributed by atoms with van der Waals surface area (Å²) in [5.41, 5.74) is 7.36. The van der Waals surface area contributed by atoms with E-state index in [4.69, 9.17) is 27.2 Å². The Morgan fingerprint density at radius 3 is 2.82 bits per heavy atom. The van der Waals surface area contributed by atoms with Crippen LogP contribution < -0.4 is 5.73 Å². The molecule has 4 nitrogen and oxygen atoms in total. The number of carbonyl (C=O) groups is 1. The Morgan fingerprint density at radius 2 is 2.29 bits per heavy atom. The number of ether oxygens (including phenoxy) is 1. The smallest absolute Gasteiger partial charge is 0.337 e. The normalized spacial score (nSPS) is 10.5. The van der Waals surface area contributed by atoms with Crippen LogP contribution in [-0.4, -0.2) is 24.8 Å². The van der Waals surface area contributed by atoms with Gasteiger partial charge in [-0.05, 0) is 47.1 Å². The number of methoxy groups -OCH3 is 1. The minimum absolute atomic E-state index is 0.0951. The number of anilines is 1. The Bertz CT molecular complexity index is 437. The number of rotatable bonds is 5. The Labute approximate surface area is 118 Å². The fraction of sp³-hybridized carbons (Fsp3) is 0.364. The van der Waals surface area contributed by atoms with Crippen LogP contribution in [0.2, 0.25) is 5.02 Å². The first-order valence-electron chi connectivity index (χ1n) is 4.97. The molecule has 1 rings (SSSR count). The van der Waals surface area contributed by atoms with Gasteiger partial charge in [-0.3, -0.25) is 0 Å². The molecule has 0 bridgehead atoms. The number of nitrogens with two attached hydrogens (primary N) is 1. The van der Waals surface area contributed by atoms with E-state index in [1.807, 2.05) is 22.6 Å². The monoisotopic (exact) mass is 369 g/mol. The van der Waals surface area contributed by atoms with Crippen LogP contribution in [0.4, 0.5) is 5.69 Å². The van der Waals surface area contributed by atoms with E-state index in [1.165, 1.54) is 6.07 Å². The summed E-state index contributed by atoms with van der Waals surface area (Å²) in [7, 11) is 1.62. The molecule has 0 radical (unpaired) electrons. The summed E-state index contributed by atoms with van der Waals surface area (Å²) in [6, 6.07) is 1.54. The molecule has 0 amide bonds. The van der Waals surface area contributed by atoms with E-state index in [-0.39, 0.29) is 10.6 Å². The maximum atomic E-state index is 11.0. The van der Waals surface area contributed by atoms with Gasteiger partial charge in [-0.1, -0.05) is 11.6 Å². The molecular weight excluding hydrogens is 356 g/mol. The summed E-state index contributed by atoms with van der Waals surface area (Å²) < 4.78 is 5.54. The van der Waals surface area contributed by atoms with Crippen molar-refractivity contribution in [3.8, 4) is 0 Å². The van der Waals surface area contributed by atoms with Crippen LogP contribution in [0.25, 0.3) is 0 Å². The van der Waals surface area contributed by atoms with Gasteiger partial charge in [0.05, 0.1) is 14.2 Å². The van der Waals surface area contributed by atoms with E-state index in [2.05, 4.69) is 0 Å². The molecule has 1 aromatic rings. The van der Waals surface area contributed by atoms with Crippen LogP contribution in [0.15, 0.2) is 6.07 Å². The van der Waals surface area contributed by atoms with Gasteiger partial charge in [0.25, 0.3) is 0 Å². The van der Waals surface area contributed by atoms with Gasteiger partial charge in [0.15, 0.2) is 0 Å². The summed E-state index contributed by atoms with van der Waals surface area (Å²) >= 11 is 7.90. The van der Waals surface area contributed by atoms with Gasteiger partial charge in [0, 0.05) is 19.4 Å². The molecular formula is C11H13ClINO3. The first-order chi connectivity index (χ1) is 7.99. The van der Waals surface area contributed by atoms with Crippen molar-refractivity contribution in [2.45, 2.75) is 12.8 Å². The molecule has 0 saturated carbocycles. The van der Waals surface area contributed by atoms with Crippen molar-refractivity contribution >= 4 is 45.8 Å². The van der Waals surface area contributed by atoms with Crippen LogP contribution in [-0.2, 0) is 11.2 Å². The van der Waals surface area contributed by atoms with Gasteiger partial charge >= 0.3 is 5.97 Å². The summed E-state index contributed by atoms with van der Waals surface area (Å²) in [6.07, 6.45) is 1.46. The highest BCUT2D eigenvalue weighted by Crippen LogP contribution is 2.31. The molecule has 0 saturated heterocycles. The van der Waals surface area contributed by atoms with Crippen molar-refractivity contribution in [1.29, 1.82) is 0 Å².